The van der Waals surface area contributed by atoms with E-state index in [1.165, 1.54) is 18.2 Å². The lowest BCUT2D eigenvalue weighted by Crippen LogP contribution is -2.36. The number of phenols is 1. The number of aromatic hydroxyl groups is 1. The summed E-state index contributed by atoms with van der Waals surface area (Å²) in [6.07, 6.45) is 1.50. The molecule has 2 aromatic carbocycles. The molecule has 1 aliphatic rings. The number of imide groups is 1. The quantitative estimate of drug-likeness (QED) is 0.488. The van der Waals surface area contributed by atoms with E-state index < -0.39 is 29.6 Å². The Bertz CT molecular complexity index is 1070. The van der Waals surface area contributed by atoms with Crippen molar-refractivity contribution >= 4 is 58.1 Å². The van der Waals surface area contributed by atoms with Crippen molar-refractivity contribution in [3.05, 3.63) is 63.5 Å². The molecule has 1 heterocycles. The zero-order valence-corrected chi connectivity index (χ0v) is 16.2. The normalized spacial score (nSPS) is 15.1. The molecule has 1 saturated heterocycles. The number of amides is 3. The van der Waals surface area contributed by atoms with Crippen LogP contribution in [0.5, 0.6) is 5.75 Å². The number of nitrogens with zero attached hydrogens (tertiary/aromatic N) is 1. The first-order valence-corrected chi connectivity index (χ1v) is 9.31. The fourth-order valence-electron chi connectivity index (χ4n) is 2.54. The molecule has 0 radical (unpaired) electrons. The van der Waals surface area contributed by atoms with Crippen LogP contribution in [-0.4, -0.2) is 44.7 Å². The van der Waals surface area contributed by atoms with Crippen molar-refractivity contribution < 1.29 is 29.4 Å². The highest BCUT2D eigenvalue weighted by Crippen LogP contribution is 2.32. The van der Waals surface area contributed by atoms with Crippen LogP contribution in [-0.2, 0) is 9.59 Å². The van der Waals surface area contributed by atoms with E-state index in [0.29, 0.717) is 22.3 Å². The lowest BCUT2D eigenvalue weighted by molar-refractivity contribution is -0.127. The lowest BCUT2D eigenvalue weighted by atomic mass is 10.1. The molecule has 0 saturated carbocycles. The van der Waals surface area contributed by atoms with Gasteiger partial charge in [0.2, 0.25) is 5.91 Å². The van der Waals surface area contributed by atoms with E-state index in [-0.39, 0.29) is 21.9 Å². The van der Waals surface area contributed by atoms with Gasteiger partial charge in [0.15, 0.2) is 0 Å². The number of carbonyl (C=O) groups is 4. The highest BCUT2D eigenvalue weighted by Gasteiger charge is 2.36. The van der Waals surface area contributed by atoms with Gasteiger partial charge in [0.1, 0.15) is 12.3 Å². The van der Waals surface area contributed by atoms with Gasteiger partial charge in [-0.05, 0) is 53.7 Å². The fourth-order valence-corrected chi connectivity index (χ4v) is 3.57. The minimum Gasteiger partial charge on any atom is -0.508 e. The van der Waals surface area contributed by atoms with E-state index in [0.717, 1.165) is 11.0 Å². The molecule has 0 unspecified atom stereocenters. The smallest absolute Gasteiger partial charge is 0.337 e. The Labute approximate surface area is 173 Å². The van der Waals surface area contributed by atoms with Crippen LogP contribution in [0.25, 0.3) is 6.08 Å². The molecule has 3 amide bonds. The van der Waals surface area contributed by atoms with Crippen LogP contribution >= 0.6 is 23.4 Å². The summed E-state index contributed by atoms with van der Waals surface area (Å²) in [6.45, 7) is -0.586. The molecule has 148 valence electrons. The van der Waals surface area contributed by atoms with Crippen molar-refractivity contribution in [2.24, 2.45) is 0 Å². The Morgan fingerprint density at radius 1 is 1.17 bits per heavy atom. The number of phenolic OH excluding ortho intramolecular Hbond substituents is 1. The van der Waals surface area contributed by atoms with Gasteiger partial charge < -0.3 is 15.5 Å². The maximum atomic E-state index is 12.5. The maximum Gasteiger partial charge on any atom is 0.337 e. The molecule has 0 spiro atoms. The minimum atomic E-state index is -1.35. The molecule has 10 heteroatoms. The Kier molecular flexibility index (Phi) is 5.90. The van der Waals surface area contributed by atoms with E-state index in [4.69, 9.17) is 16.7 Å². The predicted molar refractivity (Wildman–Crippen MR) is 108 cm³/mol. The van der Waals surface area contributed by atoms with Crippen LogP contribution in [0.4, 0.5) is 10.5 Å². The number of thioether (sulfide) groups is 1. The zero-order chi connectivity index (χ0) is 21.1. The van der Waals surface area contributed by atoms with Crippen molar-refractivity contribution in [1.82, 2.24) is 4.90 Å². The Morgan fingerprint density at radius 3 is 2.62 bits per heavy atom. The third-order valence-corrected chi connectivity index (χ3v) is 4.97. The molecule has 2 aromatic rings. The average Bonchev–Trinajstić information content (AvgIpc) is 2.90. The van der Waals surface area contributed by atoms with Crippen molar-refractivity contribution in [2.75, 3.05) is 11.9 Å². The molecule has 0 atom stereocenters. The molecule has 8 nitrogen and oxygen atoms in total. The Hall–Kier alpha value is -3.30. The Morgan fingerprint density at radius 2 is 1.93 bits per heavy atom. The van der Waals surface area contributed by atoms with Crippen LogP contribution in [0.3, 0.4) is 0 Å². The van der Waals surface area contributed by atoms with Gasteiger partial charge in [0.25, 0.3) is 11.1 Å². The second kappa shape index (κ2) is 8.38. The van der Waals surface area contributed by atoms with Crippen molar-refractivity contribution in [3.63, 3.8) is 0 Å². The number of nitrogens with one attached hydrogen (secondary N) is 1. The standard InChI is InChI=1S/C19H13ClN2O6S/c20-11-3-1-2-10(6-11)7-15-17(25)22(19(28)29-15)9-16(24)21-14-5-4-12(23)8-13(14)18(26)27/h1-8,23H,9H2,(H,21,24)(H,26,27). The fraction of sp³-hybridized carbons (Fsp3) is 0.0526. The highest BCUT2D eigenvalue weighted by atomic mass is 35.5. The highest BCUT2D eigenvalue weighted by molar-refractivity contribution is 8.18. The summed E-state index contributed by atoms with van der Waals surface area (Å²) in [5, 5.41) is 20.7. The second-order valence-corrected chi connectivity index (χ2v) is 7.34. The van der Waals surface area contributed by atoms with Gasteiger partial charge in [-0.3, -0.25) is 19.3 Å². The number of carbonyl (C=O) groups excluding carboxylic acids is 3. The van der Waals surface area contributed by atoms with Gasteiger partial charge in [-0.15, -0.1) is 0 Å². The molecular weight excluding hydrogens is 420 g/mol. The molecule has 1 fully saturated rings. The number of hydrogen-bond donors (Lipinski definition) is 3. The first kappa shape index (κ1) is 20.4. The van der Waals surface area contributed by atoms with Crippen molar-refractivity contribution in [3.8, 4) is 5.75 Å². The van der Waals surface area contributed by atoms with Crippen LogP contribution in [0.1, 0.15) is 15.9 Å². The van der Waals surface area contributed by atoms with Crippen LogP contribution in [0.15, 0.2) is 47.4 Å². The number of halogens is 1. The summed E-state index contributed by atoms with van der Waals surface area (Å²) in [5.41, 5.74) is 0.234. The summed E-state index contributed by atoms with van der Waals surface area (Å²) >= 11 is 6.59. The number of anilines is 1. The lowest BCUT2D eigenvalue weighted by Gasteiger charge is -2.13. The van der Waals surface area contributed by atoms with E-state index in [1.807, 2.05) is 0 Å². The first-order chi connectivity index (χ1) is 13.7. The van der Waals surface area contributed by atoms with Crippen LogP contribution < -0.4 is 5.32 Å². The molecule has 0 bridgehead atoms. The summed E-state index contributed by atoms with van der Waals surface area (Å²) in [6, 6.07) is 10.1. The van der Waals surface area contributed by atoms with E-state index in [2.05, 4.69) is 5.32 Å². The third-order valence-electron chi connectivity index (χ3n) is 3.83. The molecule has 3 N–H and O–H groups in total. The minimum absolute atomic E-state index is 0.0678. The number of rotatable bonds is 5. The maximum absolute atomic E-state index is 12.5. The second-order valence-electron chi connectivity index (χ2n) is 5.91. The Balaban J connectivity index is 1.74. The van der Waals surface area contributed by atoms with E-state index in [1.54, 1.807) is 24.3 Å². The van der Waals surface area contributed by atoms with Crippen LogP contribution in [0.2, 0.25) is 5.02 Å². The molecule has 0 aromatic heterocycles. The average molecular weight is 433 g/mol. The summed E-state index contributed by atoms with van der Waals surface area (Å²) in [4.78, 5) is 49.1. The van der Waals surface area contributed by atoms with Gasteiger partial charge in [-0.1, -0.05) is 23.7 Å². The predicted octanol–water partition coefficient (Wildman–Crippen LogP) is 3.42. The van der Waals surface area contributed by atoms with Gasteiger partial charge in [-0.2, -0.15) is 0 Å². The van der Waals surface area contributed by atoms with Crippen molar-refractivity contribution in [2.45, 2.75) is 0 Å². The summed E-state index contributed by atoms with van der Waals surface area (Å²) < 4.78 is 0. The molecule has 29 heavy (non-hydrogen) atoms. The van der Waals surface area contributed by atoms with Crippen LogP contribution in [0, 0.1) is 0 Å². The number of benzene rings is 2. The molecule has 3 rings (SSSR count). The van der Waals surface area contributed by atoms with Crippen molar-refractivity contribution in [1.29, 1.82) is 0 Å². The van der Waals surface area contributed by atoms with Gasteiger partial charge >= 0.3 is 5.97 Å². The third kappa shape index (κ3) is 4.76. The monoisotopic (exact) mass is 432 g/mol. The topological polar surface area (TPSA) is 124 Å². The number of carboxylic acids is 1. The van der Waals surface area contributed by atoms with Gasteiger partial charge in [0, 0.05) is 5.02 Å². The molecule has 0 aliphatic carbocycles. The number of aromatic carboxylic acids is 1. The van der Waals surface area contributed by atoms with Gasteiger partial charge in [0.05, 0.1) is 16.2 Å². The SMILES string of the molecule is O=C(CN1C(=O)SC(=Cc2cccc(Cl)c2)C1=O)Nc1ccc(O)cc1C(=O)O. The number of hydrogen-bond acceptors (Lipinski definition) is 6. The summed E-state index contributed by atoms with van der Waals surface area (Å²) in [7, 11) is 0. The van der Waals surface area contributed by atoms with E-state index >= 15 is 0 Å². The molecule has 1 aliphatic heterocycles. The largest absolute Gasteiger partial charge is 0.508 e. The molecular formula is C19H13ClN2O6S. The van der Waals surface area contributed by atoms with E-state index in [9.17, 15) is 24.3 Å². The summed E-state index contributed by atoms with van der Waals surface area (Å²) in [5.74, 6) is -3.03. The van der Waals surface area contributed by atoms with Gasteiger partial charge in [-0.25, -0.2) is 4.79 Å². The first-order valence-electron chi connectivity index (χ1n) is 8.11. The zero-order valence-electron chi connectivity index (χ0n) is 14.6. The number of carboxylic acid groups (broad SMARTS) is 1.